The van der Waals surface area contributed by atoms with Gasteiger partial charge in [0.25, 0.3) is 0 Å². The number of rotatable bonds is 5. The topological polar surface area (TPSA) is 59.8 Å². The van der Waals surface area contributed by atoms with Gasteiger partial charge < -0.3 is 10.1 Å². The van der Waals surface area contributed by atoms with Crippen molar-refractivity contribution in [2.24, 2.45) is 0 Å². The van der Waals surface area contributed by atoms with Crippen LogP contribution in [0.15, 0.2) is 42.5 Å². The van der Waals surface area contributed by atoms with Crippen LogP contribution in [0.4, 0.5) is 17.6 Å². The zero-order chi connectivity index (χ0) is 22.3. The van der Waals surface area contributed by atoms with Gasteiger partial charge in [-0.25, -0.2) is 4.39 Å². The zero-order valence-corrected chi connectivity index (χ0v) is 16.9. The summed E-state index contributed by atoms with van der Waals surface area (Å²) in [5.41, 5.74) is -1.64. The number of benzene rings is 2. The van der Waals surface area contributed by atoms with Crippen LogP contribution in [0.3, 0.4) is 0 Å². The van der Waals surface area contributed by atoms with Gasteiger partial charge in [0.1, 0.15) is 5.82 Å². The van der Waals surface area contributed by atoms with Crippen molar-refractivity contribution in [3.05, 3.63) is 70.7 Å². The molecule has 2 N–H and O–H groups in total. The lowest BCUT2D eigenvalue weighted by Gasteiger charge is -2.38. The molecule has 3 aromatic rings. The molecular weight excluding hydrogens is 396 g/mol. The number of aliphatic hydroxyl groups is 1. The highest BCUT2D eigenvalue weighted by molar-refractivity contribution is 5.85. The third kappa shape index (κ3) is 4.19. The number of halogens is 4. The minimum atomic E-state index is -4.88. The number of H-pyrrole nitrogens is 1. The van der Waals surface area contributed by atoms with E-state index in [0.717, 1.165) is 5.56 Å². The predicted octanol–water partition coefficient (Wildman–Crippen LogP) is 5.69. The molecule has 158 valence electrons. The Kier molecular flexibility index (Phi) is 5.42. The third-order valence-electron chi connectivity index (χ3n) is 5.50. The molecular formula is C23H22F4N2O. The molecule has 0 bridgehead atoms. The number of fused-ring (bicyclic) bond motifs is 1. The predicted molar refractivity (Wildman–Crippen MR) is 107 cm³/mol. The molecule has 0 fully saturated rings. The number of nitrogens with zero attached hydrogens (tertiary/aromatic N) is 1. The largest absolute Gasteiger partial charge is 0.417 e. The summed E-state index contributed by atoms with van der Waals surface area (Å²) in [5.74, 6) is -0.481. The maximum absolute atomic E-state index is 14.0. The fourth-order valence-electron chi connectivity index (χ4n) is 3.95. The monoisotopic (exact) mass is 418 g/mol. The van der Waals surface area contributed by atoms with Crippen molar-refractivity contribution in [2.75, 3.05) is 0 Å². The van der Waals surface area contributed by atoms with E-state index < -0.39 is 35.9 Å². The average molecular weight is 418 g/mol. The van der Waals surface area contributed by atoms with E-state index in [-0.39, 0.29) is 5.69 Å². The Hall–Kier alpha value is -2.85. The van der Waals surface area contributed by atoms with E-state index in [1.807, 2.05) is 6.07 Å². The number of nitriles is 1. The molecule has 30 heavy (non-hydrogen) atoms. The van der Waals surface area contributed by atoms with Gasteiger partial charge in [-0.1, -0.05) is 26.0 Å². The van der Waals surface area contributed by atoms with E-state index in [1.54, 1.807) is 39.0 Å². The Labute approximate surface area is 172 Å². The van der Waals surface area contributed by atoms with Gasteiger partial charge in [-0.3, -0.25) is 0 Å². The minimum Gasteiger partial charge on any atom is -0.380 e. The molecule has 7 heteroatoms. The molecule has 0 aliphatic carbocycles. The highest BCUT2D eigenvalue weighted by atomic mass is 19.4. The first-order valence-corrected chi connectivity index (χ1v) is 9.42. The first-order valence-electron chi connectivity index (χ1n) is 9.42. The molecule has 1 heterocycles. The summed E-state index contributed by atoms with van der Waals surface area (Å²) in [5, 5.41) is 20.6. The zero-order valence-electron chi connectivity index (χ0n) is 16.9. The molecule has 0 radical (unpaired) electrons. The van der Waals surface area contributed by atoms with Gasteiger partial charge in [-0.2, -0.15) is 18.4 Å². The van der Waals surface area contributed by atoms with Gasteiger partial charge in [0.05, 0.1) is 11.6 Å². The van der Waals surface area contributed by atoms with Crippen LogP contribution in [0.2, 0.25) is 0 Å². The van der Waals surface area contributed by atoms with Gasteiger partial charge in [0, 0.05) is 23.0 Å². The van der Waals surface area contributed by atoms with Crippen LogP contribution in [0.25, 0.3) is 10.9 Å². The van der Waals surface area contributed by atoms with E-state index in [9.17, 15) is 22.7 Å². The van der Waals surface area contributed by atoms with Crippen LogP contribution in [0.5, 0.6) is 0 Å². The maximum atomic E-state index is 14.0. The highest BCUT2D eigenvalue weighted by Gasteiger charge is 2.56. The van der Waals surface area contributed by atoms with Crippen molar-refractivity contribution in [3.8, 4) is 6.07 Å². The Morgan fingerprint density at radius 3 is 2.27 bits per heavy atom. The van der Waals surface area contributed by atoms with Crippen LogP contribution in [-0.2, 0) is 11.8 Å². The average Bonchev–Trinajstić information content (AvgIpc) is 3.03. The smallest absolute Gasteiger partial charge is 0.380 e. The molecule has 0 aliphatic rings. The first kappa shape index (κ1) is 21.8. The Morgan fingerprint density at radius 1 is 1.07 bits per heavy atom. The molecule has 2 aromatic carbocycles. The summed E-state index contributed by atoms with van der Waals surface area (Å²) in [7, 11) is 0. The minimum absolute atomic E-state index is 0.220. The normalized spacial score (nSPS) is 14.5. The van der Waals surface area contributed by atoms with Gasteiger partial charge in [-0.15, -0.1) is 0 Å². The SMILES string of the molecule is Cc1cc(C#N)cc2[nH]c(CC(O)(CC(C)(C)c3ccc(F)cc3)C(F)(F)F)cc12. The Balaban J connectivity index is 1.98. The fraction of sp³-hybridized carbons (Fsp3) is 0.348. The van der Waals surface area contributed by atoms with Crippen LogP contribution in [0.1, 0.15) is 42.7 Å². The van der Waals surface area contributed by atoms with Crippen molar-refractivity contribution in [1.82, 2.24) is 4.98 Å². The molecule has 0 aliphatic heterocycles. The summed E-state index contributed by atoms with van der Waals surface area (Å²) in [6.07, 6.45) is -6.15. The summed E-state index contributed by atoms with van der Waals surface area (Å²) in [4.78, 5) is 2.91. The number of aromatic nitrogens is 1. The van der Waals surface area contributed by atoms with Crippen molar-refractivity contribution >= 4 is 10.9 Å². The standard InChI is InChI=1S/C23H22F4N2O/c1-14-8-15(12-28)9-20-19(14)10-18(29-20)11-22(30,23(25,26)27)13-21(2,3)16-4-6-17(24)7-5-16/h4-10,29-30H,11,13H2,1-3H3. The summed E-state index contributed by atoms with van der Waals surface area (Å²) in [6, 6.07) is 12.1. The molecule has 3 rings (SSSR count). The number of hydrogen-bond acceptors (Lipinski definition) is 2. The van der Waals surface area contributed by atoms with Crippen molar-refractivity contribution in [3.63, 3.8) is 0 Å². The maximum Gasteiger partial charge on any atom is 0.417 e. The number of hydrogen-bond donors (Lipinski definition) is 2. The lowest BCUT2D eigenvalue weighted by atomic mass is 9.73. The van der Waals surface area contributed by atoms with E-state index in [0.29, 0.717) is 22.0 Å². The molecule has 1 atom stereocenters. The fourth-order valence-corrected chi connectivity index (χ4v) is 3.95. The Bertz CT molecular complexity index is 1110. The first-order chi connectivity index (χ1) is 13.8. The quantitative estimate of drug-likeness (QED) is 0.523. The molecule has 0 amide bonds. The molecule has 0 spiro atoms. The molecule has 3 nitrogen and oxygen atoms in total. The van der Waals surface area contributed by atoms with Gasteiger partial charge in [0.15, 0.2) is 5.60 Å². The van der Waals surface area contributed by atoms with E-state index in [4.69, 9.17) is 5.26 Å². The lowest BCUT2D eigenvalue weighted by Crippen LogP contribution is -2.50. The molecule has 1 unspecified atom stereocenters. The van der Waals surface area contributed by atoms with Gasteiger partial charge >= 0.3 is 6.18 Å². The van der Waals surface area contributed by atoms with Crippen molar-refractivity contribution < 1.29 is 22.7 Å². The van der Waals surface area contributed by atoms with Crippen molar-refractivity contribution in [2.45, 2.75) is 50.8 Å². The van der Waals surface area contributed by atoms with Crippen molar-refractivity contribution in [1.29, 1.82) is 5.26 Å². The number of aryl methyl sites for hydroxylation is 1. The van der Waals surface area contributed by atoms with E-state index in [1.165, 1.54) is 24.3 Å². The number of aromatic amines is 1. The van der Waals surface area contributed by atoms with Crippen LogP contribution < -0.4 is 0 Å². The van der Waals surface area contributed by atoms with Gasteiger partial charge in [0.2, 0.25) is 0 Å². The van der Waals surface area contributed by atoms with Crippen LogP contribution >= 0.6 is 0 Å². The van der Waals surface area contributed by atoms with Crippen LogP contribution in [0, 0.1) is 24.1 Å². The molecule has 0 saturated heterocycles. The van der Waals surface area contributed by atoms with E-state index in [2.05, 4.69) is 4.98 Å². The summed E-state index contributed by atoms with van der Waals surface area (Å²) < 4.78 is 55.2. The van der Waals surface area contributed by atoms with E-state index >= 15 is 0 Å². The molecule has 1 aromatic heterocycles. The second-order valence-electron chi connectivity index (χ2n) is 8.43. The lowest BCUT2D eigenvalue weighted by molar-refractivity contribution is -0.266. The summed E-state index contributed by atoms with van der Waals surface area (Å²) in [6.45, 7) is 4.95. The highest BCUT2D eigenvalue weighted by Crippen LogP contribution is 2.43. The second-order valence-corrected chi connectivity index (χ2v) is 8.43. The third-order valence-corrected chi connectivity index (χ3v) is 5.50. The molecule has 0 saturated carbocycles. The number of nitrogens with one attached hydrogen (secondary N) is 1. The second kappa shape index (κ2) is 7.44. The van der Waals surface area contributed by atoms with Gasteiger partial charge in [-0.05, 0) is 60.2 Å². The van der Waals surface area contributed by atoms with Crippen LogP contribution in [-0.4, -0.2) is 21.9 Å². The number of alkyl halides is 3. The summed E-state index contributed by atoms with van der Waals surface area (Å²) >= 11 is 0. The Morgan fingerprint density at radius 2 is 1.70 bits per heavy atom.